The van der Waals surface area contributed by atoms with Gasteiger partial charge in [-0.15, -0.1) is 0 Å². The number of amides is 3. The van der Waals surface area contributed by atoms with E-state index >= 15 is 0 Å². The summed E-state index contributed by atoms with van der Waals surface area (Å²) < 4.78 is 0. The molecule has 2 heterocycles. The standard InChI is InChI=1S/C11H16N2O3/c14-9-6-8(7-10(15)12-9)11(16)13-4-2-1-3-5-13/h8H,1-7H2,(H,12,14,15). The highest BCUT2D eigenvalue weighted by atomic mass is 16.2. The van der Waals surface area contributed by atoms with Gasteiger partial charge in [-0.3, -0.25) is 19.7 Å². The van der Waals surface area contributed by atoms with Gasteiger partial charge in [-0.1, -0.05) is 0 Å². The predicted octanol–water partition coefficient (Wildman–Crippen LogP) is 0.0517. The lowest BCUT2D eigenvalue weighted by atomic mass is 9.94. The van der Waals surface area contributed by atoms with Crippen molar-refractivity contribution < 1.29 is 14.4 Å². The maximum atomic E-state index is 12.0. The number of carbonyl (C=O) groups excluding carboxylic acids is 3. The second-order valence-electron chi connectivity index (χ2n) is 4.46. The predicted molar refractivity (Wildman–Crippen MR) is 56.3 cm³/mol. The number of rotatable bonds is 1. The average molecular weight is 224 g/mol. The van der Waals surface area contributed by atoms with Crippen LogP contribution in [0.3, 0.4) is 0 Å². The Morgan fingerprint density at radius 1 is 1.06 bits per heavy atom. The van der Waals surface area contributed by atoms with E-state index in [-0.39, 0.29) is 30.6 Å². The topological polar surface area (TPSA) is 66.5 Å². The Balaban J connectivity index is 1.97. The summed E-state index contributed by atoms with van der Waals surface area (Å²) in [6.45, 7) is 1.54. The fraction of sp³-hybridized carbons (Fsp3) is 0.727. The molecule has 5 heteroatoms. The largest absolute Gasteiger partial charge is 0.342 e. The highest BCUT2D eigenvalue weighted by Gasteiger charge is 2.33. The first-order valence-electron chi connectivity index (χ1n) is 5.78. The molecule has 16 heavy (non-hydrogen) atoms. The SMILES string of the molecule is O=C1CC(C(=O)N2CCCCC2)CC(=O)N1. The Labute approximate surface area is 94.2 Å². The van der Waals surface area contributed by atoms with Gasteiger partial charge in [0, 0.05) is 25.9 Å². The van der Waals surface area contributed by atoms with Crippen molar-refractivity contribution >= 4 is 17.7 Å². The molecule has 0 aromatic carbocycles. The van der Waals surface area contributed by atoms with E-state index in [0.29, 0.717) is 0 Å². The number of carbonyl (C=O) groups is 3. The van der Waals surface area contributed by atoms with Gasteiger partial charge in [0.15, 0.2) is 0 Å². The van der Waals surface area contributed by atoms with Crippen molar-refractivity contribution in [2.45, 2.75) is 32.1 Å². The first-order valence-corrected chi connectivity index (χ1v) is 5.78. The van der Waals surface area contributed by atoms with Gasteiger partial charge in [0.05, 0.1) is 5.92 Å². The molecular weight excluding hydrogens is 208 g/mol. The van der Waals surface area contributed by atoms with Crippen molar-refractivity contribution in [3.63, 3.8) is 0 Å². The lowest BCUT2D eigenvalue weighted by Gasteiger charge is -2.31. The Hall–Kier alpha value is -1.39. The summed E-state index contributed by atoms with van der Waals surface area (Å²) in [4.78, 5) is 36.2. The monoisotopic (exact) mass is 224 g/mol. The number of likely N-dealkylation sites (tertiary alicyclic amines) is 1. The van der Waals surface area contributed by atoms with Crippen LogP contribution >= 0.6 is 0 Å². The van der Waals surface area contributed by atoms with Crippen LogP contribution in [-0.4, -0.2) is 35.7 Å². The number of nitrogens with zero attached hydrogens (tertiary/aromatic N) is 1. The molecule has 0 bridgehead atoms. The summed E-state index contributed by atoms with van der Waals surface area (Å²) in [5.41, 5.74) is 0. The molecule has 0 aromatic rings. The van der Waals surface area contributed by atoms with E-state index in [2.05, 4.69) is 5.32 Å². The first-order chi connectivity index (χ1) is 7.66. The Morgan fingerprint density at radius 3 is 2.19 bits per heavy atom. The van der Waals surface area contributed by atoms with Crippen molar-refractivity contribution in [3.8, 4) is 0 Å². The third-order valence-electron chi connectivity index (χ3n) is 3.16. The molecule has 3 amide bonds. The minimum Gasteiger partial charge on any atom is -0.342 e. The third kappa shape index (κ3) is 2.40. The van der Waals surface area contributed by atoms with Crippen LogP contribution in [0.5, 0.6) is 0 Å². The van der Waals surface area contributed by atoms with Crippen molar-refractivity contribution in [1.82, 2.24) is 10.2 Å². The summed E-state index contributed by atoms with van der Waals surface area (Å²) in [5, 5.41) is 2.22. The van der Waals surface area contributed by atoms with Gasteiger partial charge in [-0.05, 0) is 19.3 Å². The quantitative estimate of drug-likeness (QED) is 0.640. The molecule has 0 saturated carbocycles. The van der Waals surface area contributed by atoms with E-state index in [0.717, 1.165) is 32.4 Å². The van der Waals surface area contributed by atoms with E-state index in [9.17, 15) is 14.4 Å². The van der Waals surface area contributed by atoms with Crippen LogP contribution < -0.4 is 5.32 Å². The van der Waals surface area contributed by atoms with Crippen LogP contribution in [-0.2, 0) is 14.4 Å². The summed E-state index contributed by atoms with van der Waals surface area (Å²) in [6, 6.07) is 0. The first kappa shape index (κ1) is 11.1. The third-order valence-corrected chi connectivity index (χ3v) is 3.16. The second kappa shape index (κ2) is 4.63. The van der Waals surface area contributed by atoms with Gasteiger partial charge in [0.1, 0.15) is 0 Å². The molecule has 5 nitrogen and oxygen atoms in total. The molecule has 0 unspecified atom stereocenters. The maximum Gasteiger partial charge on any atom is 0.227 e. The van der Waals surface area contributed by atoms with Crippen LogP contribution in [0.2, 0.25) is 0 Å². The molecule has 1 N–H and O–H groups in total. The van der Waals surface area contributed by atoms with Crippen LogP contribution in [0, 0.1) is 5.92 Å². The zero-order valence-corrected chi connectivity index (χ0v) is 9.20. The lowest BCUT2D eigenvalue weighted by Crippen LogP contribution is -2.46. The fourth-order valence-corrected chi connectivity index (χ4v) is 2.32. The Kier molecular flexibility index (Phi) is 3.22. The number of piperidine rings is 2. The molecule has 2 fully saturated rings. The van der Waals surface area contributed by atoms with Crippen LogP contribution in [0.1, 0.15) is 32.1 Å². The van der Waals surface area contributed by atoms with Gasteiger partial charge in [0.25, 0.3) is 0 Å². The maximum absolute atomic E-state index is 12.0. The molecule has 2 rings (SSSR count). The molecule has 0 spiro atoms. The molecule has 2 aliphatic rings. The molecule has 0 atom stereocenters. The van der Waals surface area contributed by atoms with Gasteiger partial charge < -0.3 is 4.90 Å². The normalized spacial score (nSPS) is 23.1. The second-order valence-corrected chi connectivity index (χ2v) is 4.46. The Bertz CT molecular complexity index is 305. The molecule has 88 valence electrons. The Morgan fingerprint density at radius 2 is 1.62 bits per heavy atom. The zero-order valence-electron chi connectivity index (χ0n) is 9.20. The van der Waals surface area contributed by atoms with Gasteiger partial charge in [-0.2, -0.15) is 0 Å². The number of imide groups is 1. The fourth-order valence-electron chi connectivity index (χ4n) is 2.32. The molecular formula is C11H16N2O3. The van der Waals surface area contributed by atoms with Gasteiger partial charge in [-0.25, -0.2) is 0 Å². The van der Waals surface area contributed by atoms with Gasteiger partial charge in [0.2, 0.25) is 17.7 Å². The minimum absolute atomic E-state index is 0.0251. The highest BCUT2D eigenvalue weighted by Crippen LogP contribution is 2.19. The molecule has 2 aliphatic heterocycles. The molecule has 0 aliphatic carbocycles. The van der Waals surface area contributed by atoms with Crippen molar-refractivity contribution in [2.24, 2.45) is 5.92 Å². The minimum atomic E-state index is -0.431. The van der Waals surface area contributed by atoms with E-state index in [1.165, 1.54) is 0 Å². The van der Waals surface area contributed by atoms with Crippen molar-refractivity contribution in [3.05, 3.63) is 0 Å². The highest BCUT2D eigenvalue weighted by molar-refractivity contribution is 6.02. The lowest BCUT2D eigenvalue weighted by molar-refractivity contribution is -0.145. The van der Waals surface area contributed by atoms with E-state index < -0.39 is 5.92 Å². The average Bonchev–Trinajstić information content (AvgIpc) is 2.28. The van der Waals surface area contributed by atoms with E-state index in [4.69, 9.17) is 0 Å². The van der Waals surface area contributed by atoms with Crippen LogP contribution in [0.15, 0.2) is 0 Å². The molecule has 2 saturated heterocycles. The molecule has 0 radical (unpaired) electrons. The van der Waals surface area contributed by atoms with Crippen molar-refractivity contribution in [2.75, 3.05) is 13.1 Å². The summed E-state index contributed by atoms with van der Waals surface area (Å²) in [6.07, 6.45) is 3.52. The van der Waals surface area contributed by atoms with Crippen LogP contribution in [0.4, 0.5) is 0 Å². The summed E-state index contributed by atoms with van der Waals surface area (Å²) in [5.74, 6) is -1.11. The van der Waals surface area contributed by atoms with Crippen LogP contribution in [0.25, 0.3) is 0 Å². The smallest absolute Gasteiger partial charge is 0.227 e. The van der Waals surface area contributed by atoms with E-state index in [1.54, 1.807) is 4.90 Å². The van der Waals surface area contributed by atoms with Crippen molar-refractivity contribution in [1.29, 1.82) is 0 Å². The zero-order chi connectivity index (χ0) is 11.5. The summed E-state index contributed by atoms with van der Waals surface area (Å²) >= 11 is 0. The molecule has 0 aromatic heterocycles. The number of hydrogen-bond acceptors (Lipinski definition) is 3. The summed E-state index contributed by atoms with van der Waals surface area (Å²) in [7, 11) is 0. The number of nitrogens with one attached hydrogen (secondary N) is 1. The van der Waals surface area contributed by atoms with Gasteiger partial charge >= 0.3 is 0 Å². The van der Waals surface area contributed by atoms with E-state index in [1.807, 2.05) is 0 Å². The number of hydrogen-bond donors (Lipinski definition) is 1.